The van der Waals surface area contributed by atoms with Gasteiger partial charge in [0.05, 0.1) is 23.7 Å². The molecule has 2 aromatic rings. The van der Waals surface area contributed by atoms with Crippen LogP contribution in [0, 0.1) is 23.0 Å². The van der Waals surface area contributed by atoms with Crippen molar-refractivity contribution in [1.82, 2.24) is 26.0 Å². The third-order valence-corrected chi connectivity index (χ3v) is 7.69. The molecule has 40 heavy (non-hydrogen) atoms. The zero-order chi connectivity index (χ0) is 28.7. The van der Waals surface area contributed by atoms with Crippen LogP contribution in [-0.2, 0) is 15.0 Å². The zero-order valence-corrected chi connectivity index (χ0v) is 22.2. The minimum Gasteiger partial charge on any atom is -0.328 e. The highest BCUT2D eigenvalue weighted by molar-refractivity contribution is 5.80. The van der Waals surface area contributed by atoms with Gasteiger partial charge in [-0.15, -0.1) is 0 Å². The number of hydrogen-bond acceptors (Lipinski definition) is 5. The number of carbonyl (C=O) groups is 3. The molecule has 1 heterocycles. The molecule has 210 valence electrons. The second-order valence-corrected chi connectivity index (χ2v) is 9.91. The quantitative estimate of drug-likeness (QED) is 0.368. The Balaban J connectivity index is 1.49. The molecule has 4 rings (SSSR count). The summed E-state index contributed by atoms with van der Waals surface area (Å²) in [7, 11) is 0. The van der Waals surface area contributed by atoms with Gasteiger partial charge in [0.2, 0.25) is 12.8 Å². The first-order valence-corrected chi connectivity index (χ1v) is 13.3. The van der Waals surface area contributed by atoms with Gasteiger partial charge in [-0.1, -0.05) is 43.3 Å². The number of amides is 4. The molecule has 3 N–H and O–H groups in total. The van der Waals surface area contributed by atoms with E-state index in [1.54, 1.807) is 6.92 Å². The number of allylic oxidation sites excluding steroid dienone is 1. The molecule has 0 aromatic heterocycles. The van der Waals surface area contributed by atoms with Gasteiger partial charge in [0.1, 0.15) is 17.7 Å². The summed E-state index contributed by atoms with van der Waals surface area (Å²) in [5.41, 5.74) is 0.943. The molecule has 0 radical (unpaired) electrons. The van der Waals surface area contributed by atoms with Gasteiger partial charge in [-0.05, 0) is 43.7 Å². The molecule has 2 aliphatic rings. The average molecular weight is 551 g/mol. The number of hydrazine groups is 1. The Morgan fingerprint density at radius 3 is 2.50 bits per heavy atom. The maximum atomic E-state index is 15.0. The van der Waals surface area contributed by atoms with Gasteiger partial charge in [-0.3, -0.25) is 14.6 Å². The molecule has 4 amide bonds. The van der Waals surface area contributed by atoms with Crippen LogP contribution in [0.25, 0.3) is 0 Å². The van der Waals surface area contributed by atoms with Crippen molar-refractivity contribution < 1.29 is 23.2 Å². The summed E-state index contributed by atoms with van der Waals surface area (Å²) in [5, 5.41) is 20.7. The van der Waals surface area contributed by atoms with Crippen LogP contribution in [0.1, 0.15) is 56.2 Å². The maximum Gasteiger partial charge on any atom is 0.341 e. The molecule has 9 nitrogen and oxygen atoms in total. The predicted molar refractivity (Wildman–Crippen MR) is 143 cm³/mol. The van der Waals surface area contributed by atoms with Gasteiger partial charge in [0.15, 0.2) is 0 Å². The first-order valence-electron chi connectivity index (χ1n) is 13.3. The minimum atomic E-state index is -1.21. The summed E-state index contributed by atoms with van der Waals surface area (Å²) in [5.74, 6) is -1.72. The van der Waals surface area contributed by atoms with E-state index in [1.165, 1.54) is 6.07 Å². The Labute approximate surface area is 231 Å². The van der Waals surface area contributed by atoms with Crippen LogP contribution in [-0.4, -0.2) is 48.0 Å². The Morgan fingerprint density at radius 2 is 1.90 bits per heavy atom. The van der Waals surface area contributed by atoms with Crippen molar-refractivity contribution >= 4 is 18.9 Å². The largest absolute Gasteiger partial charge is 0.341 e. The molecule has 1 aliphatic heterocycles. The van der Waals surface area contributed by atoms with Crippen molar-refractivity contribution in [3.63, 3.8) is 0 Å². The van der Waals surface area contributed by atoms with Gasteiger partial charge >= 0.3 is 6.03 Å². The van der Waals surface area contributed by atoms with E-state index in [1.807, 2.05) is 30.3 Å². The predicted octanol–water partition coefficient (Wildman–Crippen LogP) is 3.77. The number of hydrogen-bond donors (Lipinski definition) is 3. The van der Waals surface area contributed by atoms with Gasteiger partial charge in [0, 0.05) is 29.9 Å². The highest BCUT2D eigenvalue weighted by atomic mass is 19.1. The molecular weight excluding hydrogens is 518 g/mol. The van der Waals surface area contributed by atoms with E-state index in [9.17, 15) is 28.4 Å². The number of benzene rings is 2. The lowest BCUT2D eigenvalue weighted by Crippen LogP contribution is -2.58. The first-order chi connectivity index (χ1) is 19.4. The van der Waals surface area contributed by atoms with Crippen LogP contribution in [0.3, 0.4) is 0 Å². The van der Waals surface area contributed by atoms with Gasteiger partial charge in [0.25, 0.3) is 0 Å². The third-order valence-electron chi connectivity index (χ3n) is 7.69. The maximum absolute atomic E-state index is 15.0. The third kappa shape index (κ3) is 5.82. The van der Waals surface area contributed by atoms with Crippen molar-refractivity contribution in [3.05, 3.63) is 82.7 Å². The second kappa shape index (κ2) is 12.7. The molecule has 1 aliphatic carbocycles. The fourth-order valence-electron chi connectivity index (χ4n) is 5.57. The molecule has 1 unspecified atom stereocenters. The molecular formula is C29H32F2N6O3. The zero-order valence-electron chi connectivity index (χ0n) is 22.2. The van der Waals surface area contributed by atoms with Gasteiger partial charge < -0.3 is 16.0 Å². The van der Waals surface area contributed by atoms with E-state index in [0.717, 1.165) is 34.5 Å². The number of nitrogens with one attached hydrogen (secondary N) is 3. The fraction of sp³-hybridized carbons (Fsp3) is 0.379. The summed E-state index contributed by atoms with van der Waals surface area (Å²) < 4.78 is 28.7. The molecule has 1 saturated carbocycles. The summed E-state index contributed by atoms with van der Waals surface area (Å²) in [4.78, 5) is 36.9. The Morgan fingerprint density at radius 1 is 1.18 bits per heavy atom. The van der Waals surface area contributed by atoms with E-state index < -0.39 is 29.1 Å². The van der Waals surface area contributed by atoms with Crippen molar-refractivity contribution in [1.29, 1.82) is 5.26 Å². The topological polar surface area (TPSA) is 118 Å². The Hall–Kier alpha value is -4.30. The van der Waals surface area contributed by atoms with E-state index >= 15 is 0 Å². The molecule has 11 heteroatoms. The number of rotatable bonds is 11. The highest BCUT2D eigenvalue weighted by Crippen LogP contribution is 2.39. The lowest BCUT2D eigenvalue weighted by Gasteiger charge is -2.43. The molecule has 0 saturated heterocycles. The minimum absolute atomic E-state index is 0.0602. The van der Waals surface area contributed by atoms with Crippen molar-refractivity contribution in [2.75, 3.05) is 13.1 Å². The van der Waals surface area contributed by atoms with Gasteiger partial charge in [-0.2, -0.15) is 5.26 Å². The van der Waals surface area contributed by atoms with Crippen molar-refractivity contribution in [3.8, 4) is 6.07 Å². The van der Waals surface area contributed by atoms with E-state index in [2.05, 4.69) is 22.0 Å². The molecule has 0 bridgehead atoms. The first kappa shape index (κ1) is 28.7. The molecule has 1 atom stereocenters. The van der Waals surface area contributed by atoms with E-state index in [4.69, 9.17) is 0 Å². The van der Waals surface area contributed by atoms with E-state index in [0.29, 0.717) is 50.4 Å². The smallest absolute Gasteiger partial charge is 0.328 e. The summed E-state index contributed by atoms with van der Waals surface area (Å²) in [6.07, 6.45) is 4.07. The number of halogens is 2. The SMILES string of the molecule is CCC1=C(NC=O)C(c2ccc(F)cc2F)N(N(C=O)CCNC2CCC(C#N)(c3ccccc3)CC2)C(=O)N1. The highest BCUT2D eigenvalue weighted by Gasteiger charge is 2.40. The van der Waals surface area contributed by atoms with Crippen LogP contribution < -0.4 is 16.0 Å². The average Bonchev–Trinajstić information content (AvgIpc) is 2.97. The Bertz CT molecular complexity index is 1300. The van der Waals surface area contributed by atoms with Crippen LogP contribution in [0.15, 0.2) is 59.9 Å². The van der Waals surface area contributed by atoms with Crippen LogP contribution in [0.4, 0.5) is 13.6 Å². The summed E-state index contributed by atoms with van der Waals surface area (Å²) in [6, 6.07) is 13.4. The fourth-order valence-corrected chi connectivity index (χ4v) is 5.57. The van der Waals surface area contributed by atoms with Crippen LogP contribution in [0.2, 0.25) is 0 Å². The number of nitrogens with zero attached hydrogens (tertiary/aromatic N) is 3. The summed E-state index contributed by atoms with van der Waals surface area (Å²) >= 11 is 0. The number of urea groups is 1. The standard InChI is InChI=1S/C29H32F2N6O3/c1-2-25-26(34-18-38)27(23-9-8-21(30)16-24(23)31)37(28(40)35-25)36(19-39)15-14-33-22-10-12-29(17-32,13-11-22)20-6-4-3-5-7-20/h3-9,16,18-19,22,27,33H,2,10-15H2,1H3,(H,34,38)(H,35,40). The van der Waals surface area contributed by atoms with Gasteiger partial charge in [-0.25, -0.2) is 18.6 Å². The second-order valence-electron chi connectivity index (χ2n) is 9.91. The lowest BCUT2D eigenvalue weighted by atomic mass is 9.69. The molecule has 0 spiro atoms. The Kier molecular flexibility index (Phi) is 9.11. The monoisotopic (exact) mass is 550 g/mol. The lowest BCUT2D eigenvalue weighted by molar-refractivity contribution is -0.132. The summed E-state index contributed by atoms with van der Waals surface area (Å²) in [6.45, 7) is 2.13. The van der Waals surface area contributed by atoms with Crippen molar-refractivity contribution in [2.45, 2.75) is 56.5 Å². The van der Waals surface area contributed by atoms with Crippen molar-refractivity contribution in [2.24, 2.45) is 0 Å². The number of nitriles is 1. The normalized spacial score (nSPS) is 22.8. The van der Waals surface area contributed by atoms with Crippen LogP contribution >= 0.6 is 0 Å². The number of carbonyl (C=O) groups excluding carboxylic acids is 3. The molecule has 1 fully saturated rings. The van der Waals surface area contributed by atoms with E-state index in [-0.39, 0.29) is 23.8 Å². The van der Waals surface area contributed by atoms with Crippen LogP contribution in [0.5, 0.6) is 0 Å². The molecule has 2 aromatic carbocycles.